The molecule has 0 amide bonds. The van der Waals surface area contributed by atoms with E-state index in [0.717, 1.165) is 40.0 Å². The van der Waals surface area contributed by atoms with Gasteiger partial charge in [0.25, 0.3) is 0 Å². The summed E-state index contributed by atoms with van der Waals surface area (Å²) in [6, 6.07) is 0.649. The molecule has 1 aliphatic carbocycles. The number of aromatic amines is 1. The van der Waals surface area contributed by atoms with E-state index in [0.29, 0.717) is 11.9 Å². The van der Waals surface area contributed by atoms with Crippen LogP contribution in [0.5, 0.6) is 0 Å². The van der Waals surface area contributed by atoms with Crippen molar-refractivity contribution in [3.63, 3.8) is 0 Å². The van der Waals surface area contributed by atoms with Crippen LogP contribution in [0, 0.1) is 0 Å². The van der Waals surface area contributed by atoms with Crippen molar-refractivity contribution < 1.29 is 0 Å². The Morgan fingerprint density at radius 1 is 1.28 bits per heavy atom. The van der Waals surface area contributed by atoms with Crippen molar-refractivity contribution >= 4 is 17.2 Å². The van der Waals surface area contributed by atoms with Crippen LogP contribution in [-0.2, 0) is 0 Å². The van der Waals surface area contributed by atoms with E-state index < -0.39 is 0 Å². The van der Waals surface area contributed by atoms with Crippen LogP contribution < -0.4 is 4.90 Å². The number of H-pyrrole nitrogens is 1. The fraction of sp³-hybridized carbons (Fsp3) is 0.368. The predicted octanol–water partition coefficient (Wildman–Crippen LogP) is 3.39. The second-order valence-electron chi connectivity index (χ2n) is 7.36. The first-order chi connectivity index (χ1) is 14.3. The van der Waals surface area contributed by atoms with Crippen molar-refractivity contribution in [2.75, 3.05) is 4.90 Å². The van der Waals surface area contributed by atoms with Crippen molar-refractivity contribution in [3.8, 4) is 27.8 Å². The Hall–Kier alpha value is -3.14. The van der Waals surface area contributed by atoms with Crippen molar-refractivity contribution in [1.82, 2.24) is 39.9 Å². The molecule has 1 N–H and O–H groups in total. The third kappa shape index (κ3) is 2.45. The van der Waals surface area contributed by atoms with Gasteiger partial charge in [0.05, 0.1) is 17.8 Å². The van der Waals surface area contributed by atoms with Crippen LogP contribution in [0.1, 0.15) is 44.5 Å². The van der Waals surface area contributed by atoms with Gasteiger partial charge in [-0.2, -0.15) is 5.10 Å². The lowest BCUT2D eigenvalue weighted by Crippen LogP contribution is -2.46. The molecular weight excluding hydrogens is 386 g/mol. The fourth-order valence-electron chi connectivity index (χ4n) is 4.22. The Morgan fingerprint density at radius 2 is 2.21 bits per heavy atom. The van der Waals surface area contributed by atoms with Crippen molar-refractivity contribution in [2.24, 2.45) is 0 Å². The van der Waals surface area contributed by atoms with Crippen LogP contribution in [0.2, 0.25) is 0 Å². The maximum atomic E-state index is 5.04. The number of hydrogen-bond acceptors (Lipinski definition) is 8. The minimum absolute atomic E-state index is 0.167. The summed E-state index contributed by atoms with van der Waals surface area (Å²) < 4.78 is 2.03. The molecule has 146 valence electrons. The topological polar surface area (TPSA) is 101 Å². The average molecular weight is 405 g/mol. The molecule has 1 unspecified atom stereocenters. The van der Waals surface area contributed by atoms with Gasteiger partial charge in [0.15, 0.2) is 17.5 Å². The van der Waals surface area contributed by atoms with E-state index in [1.165, 1.54) is 19.3 Å². The maximum Gasteiger partial charge on any atom is 0.165 e. The summed E-state index contributed by atoms with van der Waals surface area (Å²) in [5.74, 6) is 2.57. The van der Waals surface area contributed by atoms with Crippen LogP contribution in [0.25, 0.3) is 27.8 Å². The summed E-state index contributed by atoms with van der Waals surface area (Å²) in [6.07, 6.45) is 11.8. The molecule has 5 heterocycles. The maximum absolute atomic E-state index is 5.04. The Bertz CT molecular complexity index is 1160. The average Bonchev–Trinajstić information content (AvgIpc) is 3.46. The number of fused-ring (bicyclic) bond motifs is 3. The lowest BCUT2D eigenvalue weighted by atomic mass is 9.89. The molecule has 1 saturated carbocycles. The summed E-state index contributed by atoms with van der Waals surface area (Å²) in [5.41, 5.74) is 2.58. The molecule has 0 bridgehead atoms. The Balaban J connectivity index is 1.52. The molecule has 0 aromatic carbocycles. The second-order valence-corrected chi connectivity index (χ2v) is 8.26. The van der Waals surface area contributed by atoms with E-state index >= 15 is 0 Å². The van der Waals surface area contributed by atoms with Crippen LogP contribution in [0.15, 0.2) is 30.3 Å². The lowest BCUT2D eigenvalue weighted by Gasteiger charge is -2.45. The number of rotatable bonds is 4. The molecule has 0 spiro atoms. The van der Waals surface area contributed by atoms with Crippen molar-refractivity contribution in [1.29, 1.82) is 0 Å². The summed E-state index contributed by atoms with van der Waals surface area (Å²) in [4.78, 5) is 16.6. The second kappa shape index (κ2) is 6.45. The van der Waals surface area contributed by atoms with E-state index in [1.54, 1.807) is 23.9 Å². The van der Waals surface area contributed by atoms with E-state index in [9.17, 15) is 0 Å². The van der Waals surface area contributed by atoms with Gasteiger partial charge in [-0.15, -0.1) is 21.5 Å². The highest BCUT2D eigenvalue weighted by Crippen LogP contribution is 2.44. The van der Waals surface area contributed by atoms with Gasteiger partial charge in [0.1, 0.15) is 22.7 Å². The molecule has 1 fully saturated rings. The molecule has 29 heavy (non-hydrogen) atoms. The Labute approximate surface area is 170 Å². The van der Waals surface area contributed by atoms with Crippen LogP contribution in [0.3, 0.4) is 0 Å². The molecule has 0 saturated heterocycles. The molecule has 2 aliphatic rings. The van der Waals surface area contributed by atoms with Crippen LogP contribution in [0.4, 0.5) is 5.82 Å². The number of nitrogens with one attached hydrogen (secondary N) is 1. The summed E-state index contributed by atoms with van der Waals surface area (Å²) in [6.45, 7) is 2.19. The molecule has 1 aliphatic heterocycles. The zero-order chi connectivity index (χ0) is 19.4. The highest BCUT2D eigenvalue weighted by molar-refractivity contribution is 7.13. The first kappa shape index (κ1) is 16.8. The SMILES string of the molecule is CCC1c2nncn2-c2cnc(-c3c[nH]nc3-c3nccs3)nc2N1C1CCC1. The van der Waals surface area contributed by atoms with Gasteiger partial charge in [-0.1, -0.05) is 6.92 Å². The molecule has 0 radical (unpaired) electrons. The van der Waals surface area contributed by atoms with E-state index in [1.807, 2.05) is 22.3 Å². The standard InChI is InChI=1S/C19H19N9S/c1-2-13-18-26-23-10-27(18)14-9-21-16(24-17(14)28(13)11-4-3-5-11)12-8-22-25-15(12)19-20-6-7-29-19/h6-11,13H,2-5H2,1H3,(H,22,25). The van der Waals surface area contributed by atoms with Gasteiger partial charge in [-0.3, -0.25) is 9.67 Å². The van der Waals surface area contributed by atoms with Crippen LogP contribution in [-0.4, -0.2) is 46.0 Å². The smallest absolute Gasteiger partial charge is 0.165 e. The Morgan fingerprint density at radius 3 is 2.97 bits per heavy atom. The molecule has 1 atom stereocenters. The minimum atomic E-state index is 0.167. The molecule has 10 heteroatoms. The first-order valence-electron chi connectivity index (χ1n) is 9.84. The summed E-state index contributed by atoms with van der Waals surface area (Å²) >= 11 is 1.55. The van der Waals surface area contributed by atoms with Gasteiger partial charge >= 0.3 is 0 Å². The molecular formula is C19H19N9S. The summed E-state index contributed by atoms with van der Waals surface area (Å²) in [5, 5.41) is 18.7. The highest BCUT2D eigenvalue weighted by Gasteiger charge is 2.39. The van der Waals surface area contributed by atoms with Crippen molar-refractivity contribution in [3.05, 3.63) is 36.1 Å². The lowest BCUT2D eigenvalue weighted by molar-refractivity contribution is 0.342. The summed E-state index contributed by atoms with van der Waals surface area (Å²) in [7, 11) is 0. The van der Waals surface area contributed by atoms with Crippen molar-refractivity contribution in [2.45, 2.75) is 44.7 Å². The molecule has 6 rings (SSSR count). The van der Waals surface area contributed by atoms with Gasteiger partial charge in [-0.05, 0) is 25.7 Å². The number of anilines is 1. The first-order valence-corrected chi connectivity index (χ1v) is 10.7. The molecule has 9 nitrogen and oxygen atoms in total. The fourth-order valence-corrected chi connectivity index (χ4v) is 4.86. The molecule has 4 aromatic rings. The van der Waals surface area contributed by atoms with Crippen LogP contribution >= 0.6 is 11.3 Å². The number of nitrogens with zero attached hydrogens (tertiary/aromatic N) is 8. The highest BCUT2D eigenvalue weighted by atomic mass is 32.1. The number of hydrogen-bond donors (Lipinski definition) is 1. The van der Waals surface area contributed by atoms with Gasteiger partial charge in [0.2, 0.25) is 0 Å². The quantitative estimate of drug-likeness (QED) is 0.555. The van der Waals surface area contributed by atoms with E-state index in [4.69, 9.17) is 4.98 Å². The third-order valence-electron chi connectivity index (χ3n) is 5.83. The largest absolute Gasteiger partial charge is 0.342 e. The van der Waals surface area contributed by atoms with Gasteiger partial charge in [0, 0.05) is 23.8 Å². The van der Waals surface area contributed by atoms with E-state index in [2.05, 4.69) is 42.2 Å². The number of thiazole rings is 1. The zero-order valence-electron chi connectivity index (χ0n) is 15.9. The monoisotopic (exact) mass is 405 g/mol. The minimum Gasteiger partial charge on any atom is -0.342 e. The van der Waals surface area contributed by atoms with Gasteiger partial charge < -0.3 is 4.90 Å². The Kier molecular flexibility index (Phi) is 3.73. The number of aromatic nitrogens is 8. The third-order valence-corrected chi connectivity index (χ3v) is 6.61. The molecule has 4 aromatic heterocycles. The normalized spacial score (nSPS) is 18.4. The van der Waals surface area contributed by atoms with Gasteiger partial charge in [-0.25, -0.2) is 15.0 Å². The van der Waals surface area contributed by atoms with E-state index in [-0.39, 0.29) is 6.04 Å². The predicted molar refractivity (Wildman–Crippen MR) is 109 cm³/mol. The zero-order valence-corrected chi connectivity index (χ0v) is 16.7.